The fourth-order valence-electron chi connectivity index (χ4n) is 0.824. The van der Waals surface area contributed by atoms with Gasteiger partial charge in [0.15, 0.2) is 0 Å². The molecule has 0 aromatic heterocycles. The molecule has 0 aliphatic heterocycles. The molecule has 0 amide bonds. The van der Waals surface area contributed by atoms with Crippen molar-refractivity contribution in [2.24, 2.45) is 0 Å². The maximum atomic E-state index is 9.61. The van der Waals surface area contributed by atoms with Gasteiger partial charge in [-0.05, 0) is 38.3 Å². The summed E-state index contributed by atoms with van der Waals surface area (Å²) in [7, 11) is 0. The lowest BCUT2D eigenvalue weighted by atomic mass is 10.0. The summed E-state index contributed by atoms with van der Waals surface area (Å²) in [5.41, 5.74) is -0.528. The van der Waals surface area contributed by atoms with Gasteiger partial charge >= 0.3 is 0 Å². The van der Waals surface area contributed by atoms with E-state index in [1.54, 1.807) is 0 Å². The maximum absolute atomic E-state index is 9.61. The molecule has 3 heteroatoms. The highest BCUT2D eigenvalue weighted by atomic mass is 32.2. The van der Waals surface area contributed by atoms with E-state index in [0.29, 0.717) is 6.54 Å². The Labute approximate surface area is 80.1 Å². The summed E-state index contributed by atoms with van der Waals surface area (Å²) in [5.74, 6) is 1.20. The van der Waals surface area contributed by atoms with Gasteiger partial charge in [0.2, 0.25) is 0 Å². The van der Waals surface area contributed by atoms with Gasteiger partial charge in [0.25, 0.3) is 0 Å². The minimum absolute atomic E-state index is 0.528. The molecule has 0 aliphatic rings. The zero-order valence-corrected chi connectivity index (χ0v) is 9.21. The second-order valence-corrected chi connectivity index (χ2v) is 4.36. The lowest BCUT2D eigenvalue weighted by Gasteiger charge is -2.21. The van der Waals surface area contributed by atoms with Crippen LogP contribution in [-0.2, 0) is 0 Å². The highest BCUT2D eigenvalue weighted by Gasteiger charge is 2.15. The van der Waals surface area contributed by atoms with Crippen LogP contribution in [-0.4, -0.2) is 35.8 Å². The topological polar surface area (TPSA) is 32.3 Å². The van der Waals surface area contributed by atoms with Crippen molar-refractivity contribution < 1.29 is 5.11 Å². The van der Waals surface area contributed by atoms with Crippen molar-refractivity contribution in [3.8, 4) is 0 Å². The van der Waals surface area contributed by atoms with Crippen molar-refractivity contribution in [2.45, 2.75) is 32.3 Å². The molecule has 0 rings (SSSR count). The van der Waals surface area contributed by atoms with E-state index >= 15 is 0 Å². The molecule has 1 unspecified atom stereocenters. The molecular formula is C9H21NOS. The number of nitrogens with one attached hydrogen (secondary N) is 1. The normalized spacial score (nSPS) is 16.0. The monoisotopic (exact) mass is 191 g/mol. The Morgan fingerprint density at radius 3 is 2.67 bits per heavy atom. The van der Waals surface area contributed by atoms with E-state index < -0.39 is 5.60 Å². The molecule has 0 saturated heterocycles. The van der Waals surface area contributed by atoms with Crippen molar-refractivity contribution in [2.75, 3.05) is 25.1 Å². The van der Waals surface area contributed by atoms with E-state index in [2.05, 4.69) is 11.6 Å². The van der Waals surface area contributed by atoms with E-state index in [-0.39, 0.29) is 0 Å². The number of rotatable bonds is 7. The first kappa shape index (κ1) is 12.3. The Bertz CT molecular complexity index is 107. The summed E-state index contributed by atoms with van der Waals surface area (Å²) in [6, 6.07) is 0. The molecule has 0 saturated carbocycles. The molecule has 0 radical (unpaired) electrons. The zero-order valence-electron chi connectivity index (χ0n) is 8.39. The smallest absolute Gasteiger partial charge is 0.0740 e. The molecule has 1 atom stereocenters. The van der Waals surface area contributed by atoms with Gasteiger partial charge in [0.1, 0.15) is 0 Å². The summed E-state index contributed by atoms with van der Waals surface area (Å²) in [4.78, 5) is 0. The van der Waals surface area contributed by atoms with Gasteiger partial charge < -0.3 is 10.4 Å². The number of hydrogen-bond donors (Lipinski definition) is 2. The van der Waals surface area contributed by atoms with Crippen LogP contribution in [0.4, 0.5) is 0 Å². The number of thioether (sulfide) groups is 1. The van der Waals surface area contributed by atoms with Gasteiger partial charge in [-0.15, -0.1) is 0 Å². The van der Waals surface area contributed by atoms with Crippen molar-refractivity contribution in [3.05, 3.63) is 0 Å². The van der Waals surface area contributed by atoms with Crippen molar-refractivity contribution in [3.63, 3.8) is 0 Å². The molecule has 0 heterocycles. The Morgan fingerprint density at radius 2 is 2.17 bits per heavy atom. The summed E-state index contributed by atoms with van der Waals surface area (Å²) >= 11 is 1.86. The van der Waals surface area contributed by atoms with Crippen LogP contribution in [0, 0.1) is 0 Å². The summed E-state index contributed by atoms with van der Waals surface area (Å²) in [6.07, 6.45) is 4.10. The predicted octanol–water partition coefficient (Wildman–Crippen LogP) is 1.49. The van der Waals surface area contributed by atoms with Crippen molar-refractivity contribution in [1.29, 1.82) is 0 Å². The molecule has 0 aromatic rings. The molecule has 0 spiro atoms. The van der Waals surface area contributed by atoms with E-state index in [1.165, 1.54) is 12.2 Å². The molecule has 2 N–H and O–H groups in total. The number of aliphatic hydroxyl groups is 1. The molecule has 0 fully saturated rings. The van der Waals surface area contributed by atoms with Gasteiger partial charge in [-0.1, -0.05) is 6.92 Å². The fraction of sp³-hybridized carbons (Fsp3) is 1.00. The highest BCUT2D eigenvalue weighted by molar-refractivity contribution is 7.98. The van der Waals surface area contributed by atoms with Crippen LogP contribution in [0.25, 0.3) is 0 Å². The second-order valence-electron chi connectivity index (χ2n) is 3.37. The van der Waals surface area contributed by atoms with Crippen LogP contribution >= 0.6 is 11.8 Å². The molecular weight excluding hydrogens is 170 g/mol. The van der Waals surface area contributed by atoms with E-state index in [4.69, 9.17) is 0 Å². The summed E-state index contributed by atoms with van der Waals surface area (Å²) in [5, 5.41) is 12.9. The van der Waals surface area contributed by atoms with Crippen LogP contribution in [0.15, 0.2) is 0 Å². The quantitative estimate of drug-likeness (QED) is 0.598. The van der Waals surface area contributed by atoms with Gasteiger partial charge in [0, 0.05) is 6.54 Å². The molecule has 74 valence electrons. The van der Waals surface area contributed by atoms with Crippen LogP contribution in [0.3, 0.4) is 0 Å². The van der Waals surface area contributed by atoms with Crippen molar-refractivity contribution >= 4 is 11.8 Å². The van der Waals surface area contributed by atoms with Crippen molar-refractivity contribution in [1.82, 2.24) is 5.32 Å². The van der Waals surface area contributed by atoms with E-state index in [9.17, 15) is 5.11 Å². The Hall–Kier alpha value is 0.270. The van der Waals surface area contributed by atoms with E-state index in [1.807, 2.05) is 25.6 Å². The molecule has 0 aliphatic carbocycles. The largest absolute Gasteiger partial charge is 0.389 e. The van der Waals surface area contributed by atoms with Gasteiger partial charge in [-0.3, -0.25) is 0 Å². The minimum Gasteiger partial charge on any atom is -0.389 e. The molecule has 12 heavy (non-hydrogen) atoms. The second kappa shape index (κ2) is 6.75. The first-order valence-electron chi connectivity index (χ1n) is 4.54. The maximum Gasteiger partial charge on any atom is 0.0740 e. The Balaban J connectivity index is 3.19. The van der Waals surface area contributed by atoms with Crippen LogP contribution in [0.2, 0.25) is 0 Å². The van der Waals surface area contributed by atoms with Gasteiger partial charge in [-0.25, -0.2) is 0 Å². The zero-order chi connectivity index (χ0) is 9.45. The lowest BCUT2D eigenvalue weighted by molar-refractivity contribution is 0.0561. The van der Waals surface area contributed by atoms with E-state index in [0.717, 1.165) is 13.0 Å². The first-order valence-corrected chi connectivity index (χ1v) is 5.94. The first-order chi connectivity index (χ1) is 5.62. The van der Waals surface area contributed by atoms with Gasteiger partial charge in [-0.2, -0.15) is 11.8 Å². The average molecular weight is 191 g/mol. The lowest BCUT2D eigenvalue weighted by Crippen LogP contribution is -2.37. The molecule has 0 aromatic carbocycles. The van der Waals surface area contributed by atoms with Crippen LogP contribution in [0.1, 0.15) is 26.7 Å². The highest BCUT2D eigenvalue weighted by Crippen LogP contribution is 2.05. The Kier molecular flexibility index (Phi) is 6.90. The minimum atomic E-state index is -0.528. The average Bonchev–Trinajstić information content (AvgIpc) is 2.04. The molecule has 0 bridgehead atoms. The Morgan fingerprint density at radius 1 is 1.50 bits per heavy atom. The summed E-state index contributed by atoms with van der Waals surface area (Å²) < 4.78 is 0. The standard InChI is InChI=1S/C9H21NOS/c1-4-9(2,11)8-10-6-5-7-12-3/h10-11H,4-8H2,1-3H3. The van der Waals surface area contributed by atoms with Crippen LogP contribution in [0.5, 0.6) is 0 Å². The molecule has 2 nitrogen and oxygen atoms in total. The van der Waals surface area contributed by atoms with Gasteiger partial charge in [0.05, 0.1) is 5.60 Å². The predicted molar refractivity (Wildman–Crippen MR) is 56.8 cm³/mol. The third-order valence-corrected chi connectivity index (χ3v) is 2.67. The SMILES string of the molecule is CCC(C)(O)CNCCCSC. The third-order valence-electron chi connectivity index (χ3n) is 1.97. The summed E-state index contributed by atoms with van der Waals surface area (Å²) in [6.45, 7) is 5.59. The van der Waals surface area contributed by atoms with Crippen LogP contribution < -0.4 is 5.32 Å². The fourth-order valence-corrected chi connectivity index (χ4v) is 1.26. The number of hydrogen-bond acceptors (Lipinski definition) is 3. The third kappa shape index (κ3) is 6.95.